The van der Waals surface area contributed by atoms with Gasteiger partial charge in [-0.15, -0.1) is 0 Å². The number of benzene rings is 2. The van der Waals surface area contributed by atoms with Crippen molar-refractivity contribution < 1.29 is 23.3 Å². The van der Waals surface area contributed by atoms with Crippen LogP contribution in [0.4, 0.5) is 15.9 Å². The summed E-state index contributed by atoms with van der Waals surface area (Å²) in [7, 11) is 1.55. The number of aromatic nitrogens is 2. The Balaban J connectivity index is 1.46. The molecule has 162 valence electrons. The Morgan fingerprint density at radius 2 is 1.97 bits per heavy atom. The van der Waals surface area contributed by atoms with Crippen molar-refractivity contribution in [1.29, 1.82) is 0 Å². The Morgan fingerprint density at radius 3 is 2.77 bits per heavy atom. The molecule has 2 aromatic carbocycles. The number of alkyl halides is 1. The molecular formula is C21H18BrClFN3O4. The first kappa shape index (κ1) is 20.7. The maximum Gasteiger partial charge on any atom is 0.164 e. The first-order valence-electron chi connectivity index (χ1n) is 9.62. The van der Waals surface area contributed by atoms with E-state index in [0.29, 0.717) is 33.5 Å². The van der Waals surface area contributed by atoms with Gasteiger partial charge in [0.15, 0.2) is 23.8 Å². The largest absolute Gasteiger partial charge is 0.493 e. The number of fused-ring (bicyclic) bond motifs is 2. The Bertz CT molecular complexity index is 1140. The fourth-order valence-electron chi connectivity index (χ4n) is 3.82. The van der Waals surface area contributed by atoms with Crippen molar-refractivity contribution in [2.24, 2.45) is 0 Å². The number of nitrogens with zero attached hydrogens (tertiary/aromatic N) is 2. The molecule has 10 heteroatoms. The number of rotatable bonds is 5. The van der Waals surface area contributed by atoms with Gasteiger partial charge in [0.25, 0.3) is 0 Å². The highest BCUT2D eigenvalue weighted by Crippen LogP contribution is 2.38. The number of halogens is 3. The molecule has 0 amide bonds. The lowest BCUT2D eigenvalue weighted by Gasteiger charge is -2.20. The third-order valence-corrected chi connectivity index (χ3v) is 6.14. The average Bonchev–Trinajstić information content (AvgIpc) is 3.33. The van der Waals surface area contributed by atoms with Crippen LogP contribution >= 0.6 is 27.5 Å². The summed E-state index contributed by atoms with van der Waals surface area (Å²) in [5.41, 5.74) is 1.35. The van der Waals surface area contributed by atoms with Gasteiger partial charge in [-0.2, -0.15) is 0 Å². The van der Waals surface area contributed by atoms with Gasteiger partial charge in [0.05, 0.1) is 36.6 Å². The van der Waals surface area contributed by atoms with E-state index in [-0.39, 0.29) is 13.2 Å². The molecule has 3 heterocycles. The van der Waals surface area contributed by atoms with Crippen LogP contribution in [0.3, 0.4) is 0 Å². The van der Waals surface area contributed by atoms with Crippen molar-refractivity contribution in [2.45, 2.75) is 24.5 Å². The molecule has 2 saturated heterocycles. The predicted octanol–water partition coefficient (Wildman–Crippen LogP) is 4.68. The predicted molar refractivity (Wildman–Crippen MR) is 117 cm³/mol. The fraction of sp³-hybridized carbons (Fsp3) is 0.333. The molecule has 1 unspecified atom stereocenters. The van der Waals surface area contributed by atoms with Crippen LogP contribution in [0.15, 0.2) is 41.1 Å². The summed E-state index contributed by atoms with van der Waals surface area (Å²) in [6.07, 6.45) is -1.15. The van der Waals surface area contributed by atoms with Gasteiger partial charge in [-0.3, -0.25) is 0 Å². The molecule has 0 bridgehead atoms. The lowest BCUT2D eigenvalue weighted by atomic mass is 10.1. The molecule has 0 spiro atoms. The summed E-state index contributed by atoms with van der Waals surface area (Å²) < 4.78 is 37.4. The molecular weight excluding hydrogens is 493 g/mol. The summed E-state index contributed by atoms with van der Waals surface area (Å²) in [5, 5.41) is 4.52. The van der Waals surface area contributed by atoms with Crippen LogP contribution < -0.4 is 14.8 Å². The summed E-state index contributed by atoms with van der Waals surface area (Å²) >= 11 is 9.73. The SMILES string of the molecule is COc1cc2c(Nc3ccc(Br)cc3Cl)ncnc2cc1O[C@@H]1CO[C@@H]2C1OC[C@H]2F. The summed E-state index contributed by atoms with van der Waals surface area (Å²) in [6, 6.07) is 9.09. The van der Waals surface area contributed by atoms with Gasteiger partial charge < -0.3 is 24.3 Å². The molecule has 3 aromatic rings. The minimum absolute atomic E-state index is 0.0188. The van der Waals surface area contributed by atoms with Crippen molar-refractivity contribution in [3.63, 3.8) is 0 Å². The quantitative estimate of drug-likeness (QED) is 0.534. The van der Waals surface area contributed by atoms with Gasteiger partial charge >= 0.3 is 0 Å². The van der Waals surface area contributed by atoms with Crippen LogP contribution in [-0.4, -0.2) is 54.8 Å². The first-order valence-corrected chi connectivity index (χ1v) is 10.8. The van der Waals surface area contributed by atoms with Crippen LogP contribution in [0.25, 0.3) is 10.9 Å². The van der Waals surface area contributed by atoms with E-state index in [1.807, 2.05) is 12.1 Å². The van der Waals surface area contributed by atoms with Gasteiger partial charge in [-0.05, 0) is 24.3 Å². The van der Waals surface area contributed by atoms with Crippen molar-refractivity contribution >= 4 is 49.9 Å². The molecule has 7 nitrogen and oxygen atoms in total. The maximum atomic E-state index is 13.9. The van der Waals surface area contributed by atoms with Crippen molar-refractivity contribution in [1.82, 2.24) is 9.97 Å². The van der Waals surface area contributed by atoms with E-state index in [4.69, 9.17) is 30.5 Å². The van der Waals surface area contributed by atoms with Crippen LogP contribution in [0, 0.1) is 0 Å². The molecule has 31 heavy (non-hydrogen) atoms. The van der Waals surface area contributed by atoms with Crippen LogP contribution in [0.1, 0.15) is 0 Å². The number of nitrogens with one attached hydrogen (secondary N) is 1. The smallest absolute Gasteiger partial charge is 0.164 e. The van der Waals surface area contributed by atoms with Crippen molar-refractivity contribution in [3.8, 4) is 11.5 Å². The third kappa shape index (κ3) is 3.91. The van der Waals surface area contributed by atoms with E-state index < -0.39 is 24.5 Å². The normalized spacial score (nSPS) is 24.9. The van der Waals surface area contributed by atoms with E-state index in [9.17, 15) is 4.39 Å². The molecule has 2 aliphatic heterocycles. The molecule has 2 aliphatic rings. The number of methoxy groups -OCH3 is 1. The fourth-order valence-corrected chi connectivity index (χ4v) is 4.54. The second-order valence-corrected chi connectivity index (χ2v) is 8.58. The topological polar surface area (TPSA) is 74.7 Å². The number of hydrogen-bond acceptors (Lipinski definition) is 7. The van der Waals surface area contributed by atoms with E-state index >= 15 is 0 Å². The summed E-state index contributed by atoms with van der Waals surface area (Å²) in [5.74, 6) is 1.54. The van der Waals surface area contributed by atoms with Crippen LogP contribution in [-0.2, 0) is 9.47 Å². The highest BCUT2D eigenvalue weighted by molar-refractivity contribution is 9.10. The minimum atomic E-state index is -1.14. The second kappa shape index (κ2) is 8.38. The zero-order chi connectivity index (χ0) is 21.5. The van der Waals surface area contributed by atoms with E-state index in [1.165, 1.54) is 6.33 Å². The van der Waals surface area contributed by atoms with Gasteiger partial charge in [0.1, 0.15) is 24.4 Å². The van der Waals surface area contributed by atoms with Gasteiger partial charge in [-0.1, -0.05) is 27.5 Å². The Hall–Kier alpha value is -2.20. The highest BCUT2D eigenvalue weighted by Gasteiger charge is 2.49. The number of ether oxygens (including phenoxy) is 4. The van der Waals surface area contributed by atoms with E-state index in [2.05, 4.69) is 31.2 Å². The molecule has 4 atom stereocenters. The molecule has 1 N–H and O–H groups in total. The summed E-state index contributed by atoms with van der Waals surface area (Å²) in [4.78, 5) is 8.71. The monoisotopic (exact) mass is 509 g/mol. The van der Waals surface area contributed by atoms with Gasteiger partial charge in [-0.25, -0.2) is 14.4 Å². The maximum absolute atomic E-state index is 13.9. The van der Waals surface area contributed by atoms with E-state index in [1.54, 1.807) is 25.3 Å². The molecule has 0 saturated carbocycles. The van der Waals surface area contributed by atoms with Crippen molar-refractivity contribution in [2.75, 3.05) is 25.6 Å². The highest BCUT2D eigenvalue weighted by atomic mass is 79.9. The Morgan fingerprint density at radius 1 is 1.13 bits per heavy atom. The molecule has 5 rings (SSSR count). The number of anilines is 2. The van der Waals surface area contributed by atoms with Crippen molar-refractivity contribution in [3.05, 3.63) is 46.2 Å². The Kier molecular flexibility index (Phi) is 5.60. The summed E-state index contributed by atoms with van der Waals surface area (Å²) in [6.45, 7) is 0.264. The van der Waals surface area contributed by atoms with E-state index in [0.717, 1.165) is 9.86 Å². The van der Waals surface area contributed by atoms with Crippen LogP contribution in [0.2, 0.25) is 5.02 Å². The molecule has 0 aliphatic carbocycles. The minimum Gasteiger partial charge on any atom is -0.493 e. The second-order valence-electron chi connectivity index (χ2n) is 7.26. The third-order valence-electron chi connectivity index (χ3n) is 5.33. The molecule has 2 fully saturated rings. The first-order chi connectivity index (χ1) is 15.0. The number of hydrogen-bond donors (Lipinski definition) is 1. The molecule has 0 radical (unpaired) electrons. The average molecular weight is 511 g/mol. The van der Waals surface area contributed by atoms with Gasteiger partial charge in [0.2, 0.25) is 0 Å². The lowest BCUT2D eigenvalue weighted by Crippen LogP contribution is -2.33. The zero-order valence-corrected chi connectivity index (χ0v) is 18.7. The van der Waals surface area contributed by atoms with Crippen LogP contribution in [0.5, 0.6) is 11.5 Å². The zero-order valence-electron chi connectivity index (χ0n) is 16.3. The van der Waals surface area contributed by atoms with Gasteiger partial charge in [0, 0.05) is 15.9 Å². The molecule has 1 aromatic heterocycles. The lowest BCUT2D eigenvalue weighted by molar-refractivity contribution is 0.0271. The Labute approximate surface area is 190 Å². The standard InChI is InChI=1S/C21H18BrClFN3O4/c1-28-16-5-11-15(6-17(16)31-18-8-30-19-13(24)7-29-20(18)19)25-9-26-21(11)27-14-3-2-10(22)4-12(14)23/h2-6,9,13,18-20H,7-8H2,1H3,(H,25,26,27)/t13-,18-,19+,20?/m1/s1.